The lowest BCUT2D eigenvalue weighted by Gasteiger charge is -2.09. The normalized spacial score (nSPS) is 11.0. The zero-order chi connectivity index (χ0) is 17.9. The zero-order valence-corrected chi connectivity index (χ0v) is 14.5. The fourth-order valence-electron chi connectivity index (χ4n) is 2.55. The number of pyridine rings is 2. The number of rotatable bonds is 4. The van der Waals surface area contributed by atoms with Gasteiger partial charge in [-0.1, -0.05) is 13.8 Å². The maximum Gasteiger partial charge on any atom is 0.154 e. The lowest BCUT2D eigenvalue weighted by atomic mass is 10.1. The predicted octanol–water partition coefficient (Wildman–Crippen LogP) is 3.74. The highest BCUT2D eigenvalue weighted by Crippen LogP contribution is 2.22. The van der Waals surface area contributed by atoms with Crippen molar-refractivity contribution in [3.63, 3.8) is 0 Å². The molecule has 128 valence electrons. The molecule has 0 atom stereocenters. The first-order valence-corrected chi connectivity index (χ1v) is 8.32. The van der Waals surface area contributed by atoms with Crippen molar-refractivity contribution < 1.29 is 0 Å². The fraction of sp³-hybridized carbons (Fsp3) is 0.158. The minimum absolute atomic E-state index is 0.384. The van der Waals surface area contributed by atoms with Gasteiger partial charge in [-0.3, -0.25) is 15.0 Å². The SMILES string of the molecule is CC(C)c1cnnc(Nc2ccc3ncc(-c4cnccn4)cc3n2)c1. The first-order chi connectivity index (χ1) is 12.7. The van der Waals surface area contributed by atoms with Gasteiger partial charge in [-0.05, 0) is 35.7 Å². The van der Waals surface area contributed by atoms with Crippen molar-refractivity contribution in [2.75, 3.05) is 5.32 Å². The molecular weight excluding hydrogens is 326 g/mol. The van der Waals surface area contributed by atoms with Crippen LogP contribution < -0.4 is 5.32 Å². The number of nitrogens with one attached hydrogen (secondary N) is 1. The number of anilines is 2. The summed E-state index contributed by atoms with van der Waals surface area (Å²) in [5.41, 5.74) is 4.33. The smallest absolute Gasteiger partial charge is 0.154 e. The maximum atomic E-state index is 4.64. The Morgan fingerprint density at radius 2 is 1.81 bits per heavy atom. The van der Waals surface area contributed by atoms with Crippen LogP contribution in [0.4, 0.5) is 11.6 Å². The lowest BCUT2D eigenvalue weighted by molar-refractivity contribution is 0.843. The minimum atomic E-state index is 0.384. The summed E-state index contributed by atoms with van der Waals surface area (Å²) in [5, 5.41) is 11.4. The summed E-state index contributed by atoms with van der Waals surface area (Å²) in [5.74, 6) is 1.74. The zero-order valence-electron chi connectivity index (χ0n) is 14.5. The molecule has 1 N–H and O–H groups in total. The molecule has 0 aliphatic heterocycles. The van der Waals surface area contributed by atoms with Crippen LogP contribution in [0.2, 0.25) is 0 Å². The number of fused-ring (bicyclic) bond motifs is 1. The van der Waals surface area contributed by atoms with Gasteiger partial charge in [0.05, 0.1) is 29.1 Å². The Labute approximate surface area is 150 Å². The summed E-state index contributed by atoms with van der Waals surface area (Å²) in [4.78, 5) is 17.5. The lowest BCUT2D eigenvalue weighted by Crippen LogP contribution is -2.00. The minimum Gasteiger partial charge on any atom is -0.323 e. The van der Waals surface area contributed by atoms with Gasteiger partial charge in [0, 0.05) is 24.2 Å². The van der Waals surface area contributed by atoms with Crippen LogP contribution in [0, 0.1) is 0 Å². The average Bonchev–Trinajstić information content (AvgIpc) is 2.68. The van der Waals surface area contributed by atoms with E-state index in [-0.39, 0.29) is 0 Å². The van der Waals surface area contributed by atoms with Crippen LogP contribution in [-0.4, -0.2) is 30.1 Å². The second-order valence-electron chi connectivity index (χ2n) is 6.20. The molecule has 0 bridgehead atoms. The first kappa shape index (κ1) is 16.0. The van der Waals surface area contributed by atoms with E-state index in [4.69, 9.17) is 0 Å². The Bertz CT molecular complexity index is 1050. The molecule has 7 nitrogen and oxygen atoms in total. The van der Waals surface area contributed by atoms with Gasteiger partial charge in [0.2, 0.25) is 0 Å². The summed E-state index contributed by atoms with van der Waals surface area (Å²) in [6.45, 7) is 4.24. The van der Waals surface area contributed by atoms with E-state index in [1.165, 1.54) is 0 Å². The van der Waals surface area contributed by atoms with Gasteiger partial charge in [-0.2, -0.15) is 5.10 Å². The molecular formula is C19H17N7. The molecule has 0 saturated carbocycles. The third-order valence-corrected chi connectivity index (χ3v) is 3.99. The molecule has 0 radical (unpaired) electrons. The molecule has 4 aromatic rings. The van der Waals surface area contributed by atoms with Gasteiger partial charge in [-0.25, -0.2) is 4.98 Å². The van der Waals surface area contributed by atoms with Crippen molar-refractivity contribution in [1.29, 1.82) is 0 Å². The Morgan fingerprint density at radius 3 is 2.62 bits per heavy atom. The molecule has 0 aliphatic carbocycles. The Morgan fingerprint density at radius 1 is 0.885 bits per heavy atom. The van der Waals surface area contributed by atoms with E-state index in [2.05, 4.69) is 49.3 Å². The highest BCUT2D eigenvalue weighted by Gasteiger charge is 2.07. The van der Waals surface area contributed by atoms with E-state index in [1.54, 1.807) is 31.0 Å². The summed E-state index contributed by atoms with van der Waals surface area (Å²) in [7, 11) is 0. The molecule has 4 aromatic heterocycles. The fourth-order valence-corrected chi connectivity index (χ4v) is 2.55. The van der Waals surface area contributed by atoms with Gasteiger partial charge in [0.25, 0.3) is 0 Å². The highest BCUT2D eigenvalue weighted by molar-refractivity contribution is 5.81. The molecule has 0 fully saturated rings. The molecule has 4 rings (SSSR count). The maximum absolute atomic E-state index is 4.64. The topological polar surface area (TPSA) is 89.4 Å². The molecule has 0 saturated heterocycles. The molecule has 0 unspecified atom stereocenters. The van der Waals surface area contributed by atoms with Gasteiger partial charge < -0.3 is 5.32 Å². The first-order valence-electron chi connectivity index (χ1n) is 8.32. The van der Waals surface area contributed by atoms with Crippen molar-refractivity contribution >= 4 is 22.7 Å². The van der Waals surface area contributed by atoms with Crippen molar-refractivity contribution in [2.24, 2.45) is 0 Å². The summed E-state index contributed by atoms with van der Waals surface area (Å²) >= 11 is 0. The third-order valence-electron chi connectivity index (χ3n) is 3.99. The molecule has 7 heteroatoms. The number of nitrogens with zero attached hydrogens (tertiary/aromatic N) is 6. The van der Waals surface area contributed by atoms with Crippen LogP contribution >= 0.6 is 0 Å². The number of aromatic nitrogens is 6. The third kappa shape index (κ3) is 3.32. The Hall–Kier alpha value is -3.48. The van der Waals surface area contributed by atoms with Gasteiger partial charge in [-0.15, -0.1) is 5.10 Å². The van der Waals surface area contributed by atoms with Gasteiger partial charge >= 0.3 is 0 Å². The second-order valence-corrected chi connectivity index (χ2v) is 6.20. The van der Waals surface area contributed by atoms with Crippen LogP contribution in [0.15, 0.2) is 55.2 Å². The number of hydrogen-bond acceptors (Lipinski definition) is 7. The van der Waals surface area contributed by atoms with E-state index in [1.807, 2.05) is 24.3 Å². The highest BCUT2D eigenvalue weighted by atomic mass is 15.2. The molecule has 4 heterocycles. The monoisotopic (exact) mass is 343 g/mol. The molecule has 26 heavy (non-hydrogen) atoms. The molecule has 0 aliphatic rings. The largest absolute Gasteiger partial charge is 0.323 e. The molecule has 0 spiro atoms. The van der Waals surface area contributed by atoms with Crippen LogP contribution in [-0.2, 0) is 0 Å². The Kier molecular flexibility index (Phi) is 4.18. The van der Waals surface area contributed by atoms with Gasteiger partial charge in [0.1, 0.15) is 5.82 Å². The molecule has 0 amide bonds. The van der Waals surface area contributed by atoms with Crippen LogP contribution in [0.25, 0.3) is 22.3 Å². The average molecular weight is 343 g/mol. The predicted molar refractivity (Wildman–Crippen MR) is 100.0 cm³/mol. The van der Waals surface area contributed by atoms with Crippen molar-refractivity contribution in [2.45, 2.75) is 19.8 Å². The quantitative estimate of drug-likeness (QED) is 0.603. The standard InChI is InChI=1S/C19H17N7/c1-12(2)13-8-19(26-23-10-13)25-18-4-3-15-16(24-18)7-14(9-22-15)17-11-20-5-6-21-17/h3-12H,1-2H3,(H,24,25,26). The summed E-state index contributed by atoms with van der Waals surface area (Å²) in [6.07, 6.45) is 8.56. The van der Waals surface area contributed by atoms with E-state index < -0.39 is 0 Å². The van der Waals surface area contributed by atoms with Crippen molar-refractivity contribution in [1.82, 2.24) is 30.1 Å². The van der Waals surface area contributed by atoms with Crippen LogP contribution in [0.5, 0.6) is 0 Å². The van der Waals surface area contributed by atoms with Crippen LogP contribution in [0.3, 0.4) is 0 Å². The summed E-state index contributed by atoms with van der Waals surface area (Å²) in [6, 6.07) is 7.73. The summed E-state index contributed by atoms with van der Waals surface area (Å²) < 4.78 is 0. The van der Waals surface area contributed by atoms with E-state index in [9.17, 15) is 0 Å². The number of hydrogen-bond donors (Lipinski definition) is 1. The van der Waals surface area contributed by atoms with Crippen molar-refractivity contribution in [3.05, 3.63) is 60.8 Å². The van der Waals surface area contributed by atoms with E-state index in [0.717, 1.165) is 27.9 Å². The van der Waals surface area contributed by atoms with E-state index in [0.29, 0.717) is 17.6 Å². The second kappa shape index (κ2) is 6.79. The molecule has 0 aromatic carbocycles. The van der Waals surface area contributed by atoms with E-state index >= 15 is 0 Å². The van der Waals surface area contributed by atoms with Crippen LogP contribution in [0.1, 0.15) is 25.3 Å². The van der Waals surface area contributed by atoms with Crippen molar-refractivity contribution in [3.8, 4) is 11.3 Å². The Balaban J connectivity index is 1.67. The van der Waals surface area contributed by atoms with Gasteiger partial charge in [0.15, 0.2) is 5.82 Å².